The van der Waals surface area contributed by atoms with Gasteiger partial charge in [-0.25, -0.2) is 4.79 Å². The van der Waals surface area contributed by atoms with Gasteiger partial charge in [-0.2, -0.15) is 5.21 Å². The fourth-order valence-electron chi connectivity index (χ4n) is 1.01. The number of aromatic nitrogens is 4. The molecule has 10 heteroatoms. The number of carbonyl (C=O) groups excluding carboxylic acids is 1. The Bertz CT molecular complexity index is 416. The number of rotatable bonds is 6. The highest BCUT2D eigenvalue weighted by Crippen LogP contribution is 1.99. The predicted molar refractivity (Wildman–Crippen MR) is 49.9 cm³/mol. The first-order valence-electron chi connectivity index (χ1n) is 4.49. The fourth-order valence-corrected chi connectivity index (χ4v) is 1.01. The van der Waals surface area contributed by atoms with Crippen molar-refractivity contribution >= 4 is 17.8 Å². The fraction of sp³-hybridized carbons (Fsp3) is 0.429. The lowest BCUT2D eigenvalue weighted by Gasteiger charge is -2.11. The Kier molecular flexibility index (Phi) is 4.08. The number of aliphatic carboxylic acids is 2. The number of hydrogen-bond acceptors (Lipinski definition) is 6. The van der Waals surface area contributed by atoms with E-state index in [0.29, 0.717) is 0 Å². The number of carboxylic acids is 2. The Balaban J connectivity index is 2.58. The zero-order valence-electron chi connectivity index (χ0n) is 8.45. The highest BCUT2D eigenvalue weighted by atomic mass is 16.4. The van der Waals surface area contributed by atoms with E-state index < -0.39 is 23.9 Å². The van der Waals surface area contributed by atoms with Crippen molar-refractivity contribution in [2.24, 2.45) is 0 Å². The molecule has 4 N–H and O–H groups in total. The summed E-state index contributed by atoms with van der Waals surface area (Å²) in [5.74, 6) is -3.63. The smallest absolute Gasteiger partial charge is 0.326 e. The summed E-state index contributed by atoms with van der Waals surface area (Å²) in [5, 5.41) is 31.1. The van der Waals surface area contributed by atoms with Crippen molar-refractivity contribution in [2.75, 3.05) is 0 Å². The number of hydrogen-bond donors (Lipinski definition) is 4. The van der Waals surface area contributed by atoms with Crippen LogP contribution in [-0.4, -0.2) is 54.7 Å². The summed E-state index contributed by atoms with van der Waals surface area (Å²) in [6.07, 6.45) is -0.599. The van der Waals surface area contributed by atoms with Crippen LogP contribution in [0, 0.1) is 0 Å². The van der Waals surface area contributed by atoms with Crippen molar-refractivity contribution in [3.05, 3.63) is 5.82 Å². The maximum Gasteiger partial charge on any atom is 0.326 e. The monoisotopic (exact) mass is 243 g/mol. The zero-order chi connectivity index (χ0) is 12.8. The molecule has 0 spiro atoms. The SMILES string of the molecule is O=C(O)CCC(NC(=O)c1nn[nH]n1)C(=O)O. The molecule has 0 bridgehead atoms. The molecule has 1 aromatic heterocycles. The van der Waals surface area contributed by atoms with Crippen LogP contribution in [0.4, 0.5) is 0 Å². The maximum absolute atomic E-state index is 11.4. The van der Waals surface area contributed by atoms with E-state index in [-0.39, 0.29) is 18.7 Å². The number of nitrogens with zero attached hydrogens (tertiary/aromatic N) is 3. The molecule has 92 valence electrons. The molecule has 0 aliphatic heterocycles. The van der Waals surface area contributed by atoms with Gasteiger partial charge >= 0.3 is 11.9 Å². The van der Waals surface area contributed by atoms with E-state index in [1.807, 2.05) is 5.21 Å². The Morgan fingerprint density at radius 1 is 1.35 bits per heavy atom. The van der Waals surface area contributed by atoms with Crippen LogP contribution in [0.3, 0.4) is 0 Å². The van der Waals surface area contributed by atoms with Crippen molar-refractivity contribution in [2.45, 2.75) is 18.9 Å². The van der Waals surface area contributed by atoms with E-state index in [1.54, 1.807) is 0 Å². The van der Waals surface area contributed by atoms with Crippen LogP contribution in [0.1, 0.15) is 23.5 Å². The van der Waals surface area contributed by atoms with Gasteiger partial charge in [0.1, 0.15) is 6.04 Å². The molecule has 1 rings (SSSR count). The summed E-state index contributed by atoms with van der Waals surface area (Å²) < 4.78 is 0. The van der Waals surface area contributed by atoms with Gasteiger partial charge < -0.3 is 15.5 Å². The minimum absolute atomic E-state index is 0.228. The van der Waals surface area contributed by atoms with Gasteiger partial charge in [-0.05, 0) is 11.6 Å². The van der Waals surface area contributed by atoms with Gasteiger partial charge in [0.25, 0.3) is 11.7 Å². The molecule has 1 amide bonds. The lowest BCUT2D eigenvalue weighted by molar-refractivity contribution is -0.140. The number of amides is 1. The van der Waals surface area contributed by atoms with Crippen molar-refractivity contribution < 1.29 is 24.6 Å². The molecule has 0 aliphatic rings. The molecular formula is C7H9N5O5. The van der Waals surface area contributed by atoms with Crippen LogP contribution in [0.2, 0.25) is 0 Å². The summed E-state index contributed by atoms with van der Waals surface area (Å²) in [4.78, 5) is 32.4. The number of carbonyl (C=O) groups is 3. The number of H-pyrrole nitrogens is 1. The second-order valence-corrected chi connectivity index (χ2v) is 3.03. The van der Waals surface area contributed by atoms with Crippen LogP contribution in [0.15, 0.2) is 0 Å². The van der Waals surface area contributed by atoms with Crippen molar-refractivity contribution in [3.8, 4) is 0 Å². The number of nitrogens with one attached hydrogen (secondary N) is 2. The summed E-state index contributed by atoms with van der Waals surface area (Å²) >= 11 is 0. The highest BCUT2D eigenvalue weighted by Gasteiger charge is 2.23. The summed E-state index contributed by atoms with van der Waals surface area (Å²) in [7, 11) is 0. The molecule has 0 saturated heterocycles. The van der Waals surface area contributed by atoms with E-state index in [1.165, 1.54) is 0 Å². The Morgan fingerprint density at radius 3 is 2.53 bits per heavy atom. The average Bonchev–Trinajstić information content (AvgIpc) is 2.76. The van der Waals surface area contributed by atoms with Crippen LogP contribution in [0.25, 0.3) is 0 Å². The van der Waals surface area contributed by atoms with E-state index in [0.717, 1.165) is 0 Å². The van der Waals surface area contributed by atoms with Crippen LogP contribution < -0.4 is 5.32 Å². The van der Waals surface area contributed by atoms with Crippen molar-refractivity contribution in [1.82, 2.24) is 25.9 Å². The van der Waals surface area contributed by atoms with E-state index >= 15 is 0 Å². The van der Waals surface area contributed by atoms with E-state index in [9.17, 15) is 14.4 Å². The zero-order valence-corrected chi connectivity index (χ0v) is 8.45. The molecule has 1 unspecified atom stereocenters. The third-order valence-electron chi connectivity index (χ3n) is 1.80. The number of tetrazole rings is 1. The van der Waals surface area contributed by atoms with Gasteiger partial charge in [-0.3, -0.25) is 9.59 Å². The van der Waals surface area contributed by atoms with Crippen molar-refractivity contribution in [1.29, 1.82) is 0 Å². The third-order valence-corrected chi connectivity index (χ3v) is 1.80. The van der Waals surface area contributed by atoms with Gasteiger partial charge in [-0.1, -0.05) is 0 Å². The highest BCUT2D eigenvalue weighted by molar-refractivity contribution is 5.93. The molecule has 1 aromatic rings. The maximum atomic E-state index is 11.4. The molecule has 0 radical (unpaired) electrons. The van der Waals surface area contributed by atoms with E-state index in [2.05, 4.69) is 20.7 Å². The first-order valence-corrected chi connectivity index (χ1v) is 4.49. The molecule has 0 aromatic carbocycles. The van der Waals surface area contributed by atoms with Crippen LogP contribution in [-0.2, 0) is 9.59 Å². The minimum atomic E-state index is -1.33. The Labute approximate surface area is 94.0 Å². The molecule has 17 heavy (non-hydrogen) atoms. The standard InChI is InChI=1S/C7H9N5O5/c13-4(14)2-1-3(7(16)17)8-6(15)5-9-11-12-10-5/h3H,1-2H2,(H,8,15)(H,13,14)(H,16,17)(H,9,10,11,12). The van der Waals surface area contributed by atoms with Gasteiger partial charge in [0.2, 0.25) is 0 Å². The second kappa shape index (κ2) is 5.53. The topological polar surface area (TPSA) is 158 Å². The lowest BCUT2D eigenvalue weighted by Crippen LogP contribution is -2.41. The average molecular weight is 243 g/mol. The van der Waals surface area contributed by atoms with Gasteiger partial charge in [0, 0.05) is 6.42 Å². The lowest BCUT2D eigenvalue weighted by atomic mass is 10.1. The molecule has 0 saturated carbocycles. The van der Waals surface area contributed by atoms with Crippen LogP contribution in [0.5, 0.6) is 0 Å². The molecular weight excluding hydrogens is 234 g/mol. The normalized spacial score (nSPS) is 11.8. The van der Waals surface area contributed by atoms with Crippen LogP contribution >= 0.6 is 0 Å². The Hall–Kier alpha value is -2.52. The number of carboxylic acid groups (broad SMARTS) is 2. The van der Waals surface area contributed by atoms with Gasteiger partial charge in [0.05, 0.1) is 0 Å². The summed E-state index contributed by atoms with van der Waals surface area (Å²) in [6, 6.07) is -1.31. The molecule has 0 fully saturated rings. The van der Waals surface area contributed by atoms with Gasteiger partial charge in [-0.15, -0.1) is 10.2 Å². The molecule has 1 atom stereocenters. The predicted octanol–water partition coefficient (Wildman–Crippen LogP) is -1.75. The van der Waals surface area contributed by atoms with Gasteiger partial charge in [0.15, 0.2) is 0 Å². The quantitative estimate of drug-likeness (QED) is 0.457. The molecule has 10 nitrogen and oxygen atoms in total. The molecule has 0 aliphatic carbocycles. The van der Waals surface area contributed by atoms with Crippen molar-refractivity contribution in [3.63, 3.8) is 0 Å². The first-order chi connectivity index (χ1) is 8.00. The molecule has 1 heterocycles. The third kappa shape index (κ3) is 3.85. The first kappa shape index (κ1) is 12.5. The van der Waals surface area contributed by atoms with E-state index in [4.69, 9.17) is 10.2 Å². The summed E-state index contributed by atoms with van der Waals surface area (Å²) in [5.41, 5.74) is 0. The Morgan fingerprint density at radius 2 is 2.06 bits per heavy atom. The second-order valence-electron chi connectivity index (χ2n) is 3.03. The minimum Gasteiger partial charge on any atom is -0.481 e. The summed E-state index contributed by atoms with van der Waals surface area (Å²) in [6.45, 7) is 0. The largest absolute Gasteiger partial charge is 0.481 e. The number of aromatic amines is 1.